The molecule has 0 bridgehead atoms. The highest BCUT2D eigenvalue weighted by molar-refractivity contribution is 5.85. The van der Waals surface area contributed by atoms with E-state index in [2.05, 4.69) is 34.6 Å². The van der Waals surface area contributed by atoms with E-state index < -0.39 is 6.16 Å². The maximum Gasteiger partial charge on any atom is 0.511 e. The molecule has 31 heavy (non-hydrogen) atoms. The summed E-state index contributed by atoms with van der Waals surface area (Å²) in [7, 11) is 1.69. The third-order valence-corrected chi connectivity index (χ3v) is 5.93. The predicted molar refractivity (Wildman–Crippen MR) is 121 cm³/mol. The largest absolute Gasteiger partial charge is 0.511 e. The third kappa shape index (κ3) is 5.09. The van der Waals surface area contributed by atoms with Gasteiger partial charge in [-0.05, 0) is 60.7 Å². The predicted octanol–water partition coefficient (Wildman–Crippen LogP) is 5.26. The molecule has 0 saturated heterocycles. The Bertz CT molecular complexity index is 1060. The Balaban J connectivity index is 1.35. The molecule has 2 unspecified atom stereocenters. The maximum absolute atomic E-state index is 10.8. The number of ether oxygens (including phenoxy) is 2. The summed E-state index contributed by atoms with van der Waals surface area (Å²) in [6.07, 6.45) is 9.43. The standard InChI is InChI=1S/C25H28N2O4/c1-30-19-10-8-17(9-11-19)21-6-4-14-26-23(21)7-3-2-5-18-16-27-24-13-12-20(15-22(18)24)31-25(28)29/h4,6,8-13,15-16,21,23,26-27H,2-3,5,7,14H2,1H3,(H,28,29). The number of H-pyrrole nitrogens is 1. The molecule has 2 aromatic carbocycles. The van der Waals surface area contributed by atoms with Crippen LogP contribution in [0, 0.1) is 0 Å². The normalized spacial score (nSPS) is 18.2. The van der Waals surface area contributed by atoms with Gasteiger partial charge in [-0.1, -0.05) is 30.7 Å². The second-order valence-electron chi connectivity index (χ2n) is 7.88. The van der Waals surface area contributed by atoms with E-state index in [1.807, 2.05) is 24.4 Å². The zero-order valence-corrected chi connectivity index (χ0v) is 17.6. The smallest absolute Gasteiger partial charge is 0.497 e. The van der Waals surface area contributed by atoms with Crippen molar-refractivity contribution in [2.75, 3.05) is 13.7 Å². The maximum atomic E-state index is 10.8. The van der Waals surface area contributed by atoms with Gasteiger partial charge in [0.15, 0.2) is 0 Å². The average Bonchev–Trinajstić information content (AvgIpc) is 3.19. The second-order valence-corrected chi connectivity index (χ2v) is 7.88. The van der Waals surface area contributed by atoms with E-state index in [-0.39, 0.29) is 0 Å². The highest BCUT2D eigenvalue weighted by Crippen LogP contribution is 2.29. The number of carboxylic acid groups (broad SMARTS) is 1. The molecule has 4 rings (SSSR count). The van der Waals surface area contributed by atoms with Gasteiger partial charge < -0.3 is 24.9 Å². The minimum atomic E-state index is -1.29. The van der Waals surface area contributed by atoms with Crippen LogP contribution in [0.1, 0.15) is 36.3 Å². The molecule has 3 aromatic rings. The van der Waals surface area contributed by atoms with Crippen LogP contribution in [0.3, 0.4) is 0 Å². The minimum absolute atomic E-state index is 0.348. The van der Waals surface area contributed by atoms with Crippen LogP contribution in [0.5, 0.6) is 11.5 Å². The van der Waals surface area contributed by atoms with Gasteiger partial charge in [-0.15, -0.1) is 0 Å². The first-order chi connectivity index (χ1) is 15.1. The molecule has 0 amide bonds. The zero-order valence-electron chi connectivity index (χ0n) is 17.6. The van der Waals surface area contributed by atoms with Crippen molar-refractivity contribution >= 4 is 17.1 Å². The van der Waals surface area contributed by atoms with Crippen molar-refractivity contribution in [3.05, 3.63) is 71.9 Å². The highest BCUT2D eigenvalue weighted by atomic mass is 16.7. The minimum Gasteiger partial charge on any atom is -0.497 e. The zero-order chi connectivity index (χ0) is 21.6. The summed E-state index contributed by atoms with van der Waals surface area (Å²) in [4.78, 5) is 14.1. The van der Waals surface area contributed by atoms with Gasteiger partial charge in [0.1, 0.15) is 11.5 Å². The summed E-state index contributed by atoms with van der Waals surface area (Å²) < 4.78 is 10.1. The number of benzene rings is 2. The summed E-state index contributed by atoms with van der Waals surface area (Å²) >= 11 is 0. The molecule has 1 aliphatic rings. The number of fused-ring (bicyclic) bond motifs is 1. The molecular formula is C25H28N2O4. The van der Waals surface area contributed by atoms with Crippen molar-refractivity contribution in [2.24, 2.45) is 0 Å². The summed E-state index contributed by atoms with van der Waals surface area (Å²) in [6, 6.07) is 14.1. The van der Waals surface area contributed by atoms with Crippen molar-refractivity contribution in [3.8, 4) is 11.5 Å². The lowest BCUT2D eigenvalue weighted by Gasteiger charge is -2.29. The van der Waals surface area contributed by atoms with Gasteiger partial charge >= 0.3 is 6.16 Å². The Kier molecular flexibility index (Phi) is 6.57. The molecule has 1 aliphatic heterocycles. The van der Waals surface area contributed by atoms with Crippen LogP contribution < -0.4 is 14.8 Å². The van der Waals surface area contributed by atoms with E-state index in [9.17, 15) is 4.79 Å². The van der Waals surface area contributed by atoms with E-state index in [0.717, 1.165) is 48.9 Å². The molecule has 0 radical (unpaired) electrons. The summed E-state index contributed by atoms with van der Waals surface area (Å²) in [5.74, 6) is 1.59. The summed E-state index contributed by atoms with van der Waals surface area (Å²) in [5.41, 5.74) is 3.48. The molecule has 6 heteroatoms. The van der Waals surface area contributed by atoms with Gasteiger partial charge in [-0.3, -0.25) is 0 Å². The van der Waals surface area contributed by atoms with Gasteiger partial charge in [-0.25, -0.2) is 4.79 Å². The molecule has 0 spiro atoms. The van der Waals surface area contributed by atoms with Crippen molar-refractivity contribution in [1.29, 1.82) is 0 Å². The molecular weight excluding hydrogens is 392 g/mol. The monoisotopic (exact) mass is 420 g/mol. The fourth-order valence-electron chi connectivity index (χ4n) is 4.35. The average molecular weight is 421 g/mol. The number of nitrogens with one attached hydrogen (secondary N) is 2. The second kappa shape index (κ2) is 9.71. The molecule has 2 atom stereocenters. The lowest BCUT2D eigenvalue weighted by molar-refractivity contribution is 0.144. The van der Waals surface area contributed by atoms with Crippen molar-refractivity contribution < 1.29 is 19.4 Å². The number of hydrogen-bond acceptors (Lipinski definition) is 4. The van der Waals surface area contributed by atoms with E-state index in [1.54, 1.807) is 19.2 Å². The van der Waals surface area contributed by atoms with Crippen LogP contribution in [0.4, 0.5) is 4.79 Å². The molecule has 0 fully saturated rings. The fourth-order valence-corrected chi connectivity index (χ4v) is 4.35. The van der Waals surface area contributed by atoms with Crippen LogP contribution >= 0.6 is 0 Å². The molecule has 0 saturated carbocycles. The van der Waals surface area contributed by atoms with Crippen LogP contribution in [-0.4, -0.2) is 35.9 Å². The number of rotatable bonds is 8. The summed E-state index contributed by atoms with van der Waals surface area (Å²) in [5, 5.41) is 13.5. The molecule has 6 nitrogen and oxygen atoms in total. The van der Waals surface area contributed by atoms with Gasteiger partial charge in [0.05, 0.1) is 7.11 Å². The van der Waals surface area contributed by atoms with Gasteiger partial charge in [0, 0.05) is 35.6 Å². The van der Waals surface area contributed by atoms with Crippen molar-refractivity contribution in [3.63, 3.8) is 0 Å². The van der Waals surface area contributed by atoms with Crippen LogP contribution in [-0.2, 0) is 6.42 Å². The first-order valence-corrected chi connectivity index (χ1v) is 10.7. The van der Waals surface area contributed by atoms with E-state index in [4.69, 9.17) is 14.6 Å². The van der Waals surface area contributed by atoms with Crippen molar-refractivity contribution in [2.45, 2.75) is 37.6 Å². The van der Waals surface area contributed by atoms with E-state index in [1.165, 1.54) is 11.1 Å². The number of aryl methyl sites for hydroxylation is 1. The molecule has 3 N–H and O–H groups in total. The Hall–Kier alpha value is -3.25. The third-order valence-electron chi connectivity index (χ3n) is 5.93. The van der Waals surface area contributed by atoms with Crippen molar-refractivity contribution in [1.82, 2.24) is 10.3 Å². The number of aromatic amines is 1. The van der Waals surface area contributed by atoms with Crippen LogP contribution in [0.15, 0.2) is 60.8 Å². The fraction of sp³-hybridized carbons (Fsp3) is 0.320. The Morgan fingerprint density at radius 2 is 1.94 bits per heavy atom. The van der Waals surface area contributed by atoms with E-state index in [0.29, 0.717) is 17.7 Å². The molecule has 162 valence electrons. The SMILES string of the molecule is COc1ccc(C2C=CCNC2CCCCc2c[nH]c3ccc(OC(=O)O)cc23)cc1. The lowest BCUT2D eigenvalue weighted by atomic mass is 9.86. The molecule has 1 aromatic heterocycles. The number of carbonyl (C=O) groups is 1. The number of methoxy groups -OCH3 is 1. The quantitative estimate of drug-likeness (QED) is 0.200. The Morgan fingerprint density at radius 3 is 2.71 bits per heavy atom. The first kappa shape index (κ1) is 21.0. The first-order valence-electron chi connectivity index (χ1n) is 10.7. The van der Waals surface area contributed by atoms with E-state index >= 15 is 0 Å². The van der Waals surface area contributed by atoms with Gasteiger partial charge in [0.2, 0.25) is 0 Å². The Morgan fingerprint density at radius 1 is 1.13 bits per heavy atom. The number of aromatic nitrogens is 1. The summed E-state index contributed by atoms with van der Waals surface area (Å²) in [6.45, 7) is 0.909. The molecule has 2 heterocycles. The molecule has 0 aliphatic carbocycles. The van der Waals surface area contributed by atoms with Gasteiger partial charge in [0.25, 0.3) is 0 Å². The topological polar surface area (TPSA) is 83.6 Å². The lowest BCUT2D eigenvalue weighted by Crippen LogP contribution is -2.37. The number of unbranched alkanes of at least 4 members (excludes halogenated alkanes) is 1. The van der Waals surface area contributed by atoms with Crippen LogP contribution in [0.2, 0.25) is 0 Å². The van der Waals surface area contributed by atoms with Gasteiger partial charge in [-0.2, -0.15) is 0 Å². The Labute approximate surface area is 181 Å². The highest BCUT2D eigenvalue weighted by Gasteiger charge is 2.22. The van der Waals surface area contributed by atoms with Crippen LogP contribution in [0.25, 0.3) is 10.9 Å². The number of hydrogen-bond donors (Lipinski definition) is 3.